The Bertz CT molecular complexity index is 816. The maximum atomic E-state index is 12.0. The van der Waals surface area contributed by atoms with E-state index in [0.29, 0.717) is 21.4 Å². The van der Waals surface area contributed by atoms with Crippen LogP contribution in [0.25, 0.3) is 10.9 Å². The molecule has 2 aromatic carbocycles. The van der Waals surface area contributed by atoms with Crippen molar-refractivity contribution in [3.8, 4) is 0 Å². The number of H-pyrrole nitrogens is 1. The van der Waals surface area contributed by atoms with Gasteiger partial charge in [0.1, 0.15) is 0 Å². The molecule has 0 fully saturated rings. The summed E-state index contributed by atoms with van der Waals surface area (Å²) in [5.41, 5.74) is 2.05. The van der Waals surface area contributed by atoms with Crippen LogP contribution in [0.15, 0.2) is 42.6 Å². The number of carbonyl (C=O) groups is 1. The van der Waals surface area contributed by atoms with Gasteiger partial charge in [0.25, 0.3) is 0 Å². The van der Waals surface area contributed by atoms with Gasteiger partial charge < -0.3 is 10.6 Å². The zero-order valence-corrected chi connectivity index (χ0v) is 12.2. The average molecular weight is 321 g/mol. The number of benzene rings is 2. The van der Waals surface area contributed by atoms with Crippen molar-refractivity contribution >= 4 is 51.5 Å². The van der Waals surface area contributed by atoms with Gasteiger partial charge in [0, 0.05) is 16.1 Å². The minimum Gasteiger partial charge on any atom is -0.308 e. The smallest absolute Gasteiger partial charge is 0.308 e. The summed E-state index contributed by atoms with van der Waals surface area (Å²) >= 11 is 11.8. The lowest BCUT2D eigenvalue weighted by Gasteiger charge is -2.09. The van der Waals surface area contributed by atoms with E-state index in [4.69, 9.17) is 23.2 Å². The summed E-state index contributed by atoms with van der Waals surface area (Å²) in [4.78, 5) is 12.0. The highest BCUT2D eigenvalue weighted by molar-refractivity contribution is 6.36. The maximum absolute atomic E-state index is 12.0. The highest BCUT2D eigenvalue weighted by Crippen LogP contribution is 2.25. The molecular formula is C14H10Cl2N4O. The largest absolute Gasteiger partial charge is 0.323 e. The predicted octanol–water partition coefficient (Wildman–Crippen LogP) is 4.51. The number of aromatic amines is 1. The number of amides is 2. The highest BCUT2D eigenvalue weighted by Gasteiger charge is 2.07. The number of aromatic nitrogens is 2. The van der Waals surface area contributed by atoms with Crippen LogP contribution < -0.4 is 10.6 Å². The molecule has 3 aromatic rings. The Morgan fingerprint density at radius 2 is 1.95 bits per heavy atom. The van der Waals surface area contributed by atoms with Gasteiger partial charge in [-0.15, -0.1) is 0 Å². The van der Waals surface area contributed by atoms with E-state index in [9.17, 15) is 4.79 Å². The summed E-state index contributed by atoms with van der Waals surface area (Å²) in [6.07, 6.45) is 1.69. The molecule has 0 aliphatic carbocycles. The first-order chi connectivity index (χ1) is 10.1. The number of anilines is 2. The van der Waals surface area contributed by atoms with E-state index in [1.54, 1.807) is 30.5 Å². The van der Waals surface area contributed by atoms with E-state index in [1.165, 1.54) is 0 Å². The second-order valence-corrected chi connectivity index (χ2v) is 5.22. The topological polar surface area (TPSA) is 69.8 Å². The molecule has 0 bridgehead atoms. The van der Waals surface area contributed by atoms with Gasteiger partial charge in [0.2, 0.25) is 0 Å². The van der Waals surface area contributed by atoms with Crippen molar-refractivity contribution in [2.45, 2.75) is 0 Å². The van der Waals surface area contributed by atoms with Gasteiger partial charge in [-0.2, -0.15) is 5.10 Å². The summed E-state index contributed by atoms with van der Waals surface area (Å²) in [5.74, 6) is 0. The minimum absolute atomic E-state index is 0.378. The third-order valence-electron chi connectivity index (χ3n) is 2.88. The lowest BCUT2D eigenvalue weighted by Crippen LogP contribution is -2.19. The predicted molar refractivity (Wildman–Crippen MR) is 85.2 cm³/mol. The molecule has 21 heavy (non-hydrogen) atoms. The van der Waals surface area contributed by atoms with Gasteiger partial charge in [0.15, 0.2) is 0 Å². The van der Waals surface area contributed by atoms with E-state index in [2.05, 4.69) is 20.8 Å². The van der Waals surface area contributed by atoms with Gasteiger partial charge >= 0.3 is 6.03 Å². The number of nitrogens with one attached hydrogen (secondary N) is 3. The molecule has 3 rings (SSSR count). The number of carbonyl (C=O) groups excluding carboxylic acids is 1. The molecular weight excluding hydrogens is 311 g/mol. The lowest BCUT2D eigenvalue weighted by atomic mass is 10.2. The SMILES string of the molecule is O=C(Nc1ccc2[nH]ncc2c1)Nc1ccc(Cl)cc1Cl. The zero-order valence-electron chi connectivity index (χ0n) is 10.7. The van der Waals surface area contributed by atoms with Crippen molar-refractivity contribution < 1.29 is 4.79 Å². The third-order valence-corrected chi connectivity index (χ3v) is 3.43. The third kappa shape index (κ3) is 3.09. The van der Waals surface area contributed by atoms with Crippen molar-refractivity contribution in [1.82, 2.24) is 10.2 Å². The van der Waals surface area contributed by atoms with E-state index in [-0.39, 0.29) is 6.03 Å². The Balaban J connectivity index is 1.73. The fraction of sp³-hybridized carbons (Fsp3) is 0. The lowest BCUT2D eigenvalue weighted by molar-refractivity contribution is 0.262. The molecule has 0 spiro atoms. The molecule has 2 amide bonds. The van der Waals surface area contributed by atoms with Crippen LogP contribution in [0.4, 0.5) is 16.2 Å². The monoisotopic (exact) mass is 320 g/mol. The number of halogens is 2. The molecule has 0 aliphatic rings. The Morgan fingerprint density at radius 1 is 1.10 bits per heavy atom. The molecule has 0 aliphatic heterocycles. The summed E-state index contributed by atoms with van der Waals surface area (Å²) in [6, 6.07) is 9.92. The van der Waals surface area contributed by atoms with Gasteiger partial charge in [-0.05, 0) is 36.4 Å². The van der Waals surface area contributed by atoms with Crippen molar-refractivity contribution in [2.24, 2.45) is 0 Å². The van der Waals surface area contributed by atoms with Crippen LogP contribution >= 0.6 is 23.2 Å². The minimum atomic E-state index is -0.387. The van der Waals surface area contributed by atoms with Crippen molar-refractivity contribution in [2.75, 3.05) is 10.6 Å². The van der Waals surface area contributed by atoms with E-state index in [1.807, 2.05) is 12.1 Å². The number of fused-ring (bicyclic) bond motifs is 1. The number of urea groups is 1. The van der Waals surface area contributed by atoms with Crippen LogP contribution in [0.2, 0.25) is 10.0 Å². The van der Waals surface area contributed by atoms with Crippen LogP contribution in [-0.2, 0) is 0 Å². The zero-order chi connectivity index (χ0) is 14.8. The number of hydrogen-bond acceptors (Lipinski definition) is 2. The van der Waals surface area contributed by atoms with Gasteiger partial charge in [-0.25, -0.2) is 4.79 Å². The Kier molecular flexibility index (Phi) is 3.68. The Morgan fingerprint density at radius 3 is 2.76 bits per heavy atom. The standard InChI is InChI=1S/C14H10Cl2N4O/c15-9-1-3-13(11(16)6-9)19-14(21)18-10-2-4-12-8(5-10)7-17-20-12/h1-7H,(H,17,20)(H2,18,19,21). The molecule has 1 heterocycles. The van der Waals surface area contributed by atoms with Crippen molar-refractivity contribution in [3.05, 3.63) is 52.6 Å². The fourth-order valence-electron chi connectivity index (χ4n) is 1.90. The Labute approximate surface area is 130 Å². The molecule has 1 aromatic heterocycles. The normalized spacial score (nSPS) is 10.6. The summed E-state index contributed by atoms with van der Waals surface area (Å²) in [6.45, 7) is 0. The second-order valence-electron chi connectivity index (χ2n) is 4.38. The number of nitrogens with zero attached hydrogens (tertiary/aromatic N) is 1. The quantitative estimate of drug-likeness (QED) is 0.650. The molecule has 0 saturated carbocycles. The molecule has 0 unspecified atom stereocenters. The first kappa shape index (κ1) is 13.7. The summed E-state index contributed by atoms with van der Waals surface area (Å²) in [5, 5.41) is 14.0. The van der Waals surface area contributed by atoms with Crippen LogP contribution in [0.3, 0.4) is 0 Å². The highest BCUT2D eigenvalue weighted by atomic mass is 35.5. The maximum Gasteiger partial charge on any atom is 0.323 e. The van der Waals surface area contributed by atoms with Crippen molar-refractivity contribution in [3.63, 3.8) is 0 Å². The Hall–Kier alpha value is -2.24. The average Bonchev–Trinajstić information content (AvgIpc) is 2.89. The molecule has 7 heteroatoms. The molecule has 3 N–H and O–H groups in total. The van der Waals surface area contributed by atoms with Crippen LogP contribution in [0.5, 0.6) is 0 Å². The number of rotatable bonds is 2. The second kappa shape index (κ2) is 5.63. The molecule has 0 atom stereocenters. The van der Waals surface area contributed by atoms with Crippen molar-refractivity contribution in [1.29, 1.82) is 0 Å². The van der Waals surface area contributed by atoms with Gasteiger partial charge in [0.05, 0.1) is 22.4 Å². The summed E-state index contributed by atoms with van der Waals surface area (Å²) in [7, 11) is 0. The van der Waals surface area contributed by atoms with Gasteiger partial charge in [-0.1, -0.05) is 23.2 Å². The first-order valence-corrected chi connectivity index (χ1v) is 6.83. The fourth-order valence-corrected chi connectivity index (χ4v) is 2.35. The molecule has 106 valence electrons. The van der Waals surface area contributed by atoms with E-state index < -0.39 is 0 Å². The van der Waals surface area contributed by atoms with Crippen LogP contribution in [0.1, 0.15) is 0 Å². The molecule has 0 saturated heterocycles. The molecule has 5 nitrogen and oxygen atoms in total. The number of hydrogen-bond donors (Lipinski definition) is 3. The van der Waals surface area contributed by atoms with Crippen LogP contribution in [0, 0.1) is 0 Å². The first-order valence-electron chi connectivity index (χ1n) is 6.08. The molecule has 0 radical (unpaired) electrons. The van der Waals surface area contributed by atoms with Gasteiger partial charge in [-0.3, -0.25) is 5.10 Å². The summed E-state index contributed by atoms with van der Waals surface area (Å²) < 4.78 is 0. The van der Waals surface area contributed by atoms with E-state index >= 15 is 0 Å². The van der Waals surface area contributed by atoms with Crippen LogP contribution in [-0.4, -0.2) is 16.2 Å². The van der Waals surface area contributed by atoms with E-state index in [0.717, 1.165) is 10.9 Å².